The highest BCUT2D eigenvalue weighted by atomic mass is 32.2. The number of rotatable bonds is 11. The average molecular weight is 304 g/mol. The summed E-state index contributed by atoms with van der Waals surface area (Å²) in [4.78, 5) is 4.64. The van der Waals surface area contributed by atoms with E-state index in [9.17, 15) is 0 Å². The molecule has 5 heteroatoms. The van der Waals surface area contributed by atoms with Crippen molar-refractivity contribution in [2.45, 2.75) is 51.7 Å². The first-order chi connectivity index (χ1) is 9.55. The summed E-state index contributed by atoms with van der Waals surface area (Å²) >= 11 is 1.84. The number of ether oxygens (including phenoxy) is 1. The van der Waals surface area contributed by atoms with Crippen LogP contribution in [0.5, 0.6) is 0 Å². The van der Waals surface area contributed by atoms with E-state index in [4.69, 9.17) is 4.74 Å². The number of nitrogens with one attached hydrogen (secondary N) is 2. The molecule has 2 N–H and O–H groups in total. The number of unbranched alkanes of at least 4 members (excludes halogenated alkanes) is 1. The molecule has 0 amide bonds. The monoisotopic (exact) mass is 303 g/mol. The fourth-order valence-electron chi connectivity index (χ4n) is 1.41. The third-order valence-electron chi connectivity index (χ3n) is 2.91. The van der Waals surface area contributed by atoms with Crippen LogP contribution in [-0.2, 0) is 4.74 Å². The van der Waals surface area contributed by atoms with Gasteiger partial charge in [0.05, 0.1) is 6.54 Å². The van der Waals surface area contributed by atoms with Crippen LogP contribution >= 0.6 is 11.8 Å². The molecule has 0 saturated heterocycles. The zero-order valence-electron chi connectivity index (χ0n) is 13.9. The lowest BCUT2D eigenvalue weighted by Crippen LogP contribution is -2.39. The third-order valence-corrected chi connectivity index (χ3v) is 4.15. The standard InChI is InChI=1S/C15H33N3OS/c1-6-8-11-19-12-9-10-17-14(16-7-2)18-13-15(3,4)20-5/h6-13H2,1-5H3,(H2,16,17,18). The molecule has 0 saturated carbocycles. The van der Waals surface area contributed by atoms with Crippen LogP contribution < -0.4 is 10.6 Å². The van der Waals surface area contributed by atoms with Gasteiger partial charge in [0, 0.05) is 31.1 Å². The Bertz CT molecular complexity index is 258. The number of thioether (sulfide) groups is 1. The highest BCUT2D eigenvalue weighted by Gasteiger charge is 2.15. The maximum atomic E-state index is 5.54. The number of guanidine groups is 1. The van der Waals surface area contributed by atoms with Crippen LogP contribution in [0.4, 0.5) is 0 Å². The number of nitrogens with zero attached hydrogens (tertiary/aromatic N) is 1. The molecule has 0 aliphatic carbocycles. The van der Waals surface area contributed by atoms with Gasteiger partial charge in [0.1, 0.15) is 0 Å². The Morgan fingerprint density at radius 3 is 2.45 bits per heavy atom. The molecule has 0 radical (unpaired) electrons. The number of aliphatic imine (C=N–C) groups is 1. The summed E-state index contributed by atoms with van der Waals surface area (Å²) in [7, 11) is 0. The predicted octanol–water partition coefficient (Wildman–Crippen LogP) is 2.89. The van der Waals surface area contributed by atoms with Crippen LogP contribution in [0.25, 0.3) is 0 Å². The van der Waals surface area contributed by atoms with Crippen molar-refractivity contribution in [2.24, 2.45) is 4.99 Å². The van der Waals surface area contributed by atoms with E-state index in [0.29, 0.717) is 0 Å². The summed E-state index contributed by atoms with van der Waals surface area (Å²) in [5.74, 6) is 0.906. The normalized spacial score (nSPS) is 12.6. The van der Waals surface area contributed by atoms with Crippen molar-refractivity contribution in [2.75, 3.05) is 39.1 Å². The fourth-order valence-corrected chi connectivity index (χ4v) is 1.60. The van der Waals surface area contributed by atoms with Crippen LogP contribution in [0.1, 0.15) is 47.0 Å². The number of hydrogen-bond donors (Lipinski definition) is 2. The lowest BCUT2D eigenvalue weighted by Gasteiger charge is -2.20. The molecule has 120 valence electrons. The minimum Gasteiger partial charge on any atom is -0.381 e. The molecule has 0 spiro atoms. The van der Waals surface area contributed by atoms with Crippen LogP contribution in [-0.4, -0.2) is 49.8 Å². The van der Waals surface area contributed by atoms with Crippen molar-refractivity contribution in [3.05, 3.63) is 0 Å². The summed E-state index contributed by atoms with van der Waals surface area (Å²) < 4.78 is 5.73. The highest BCUT2D eigenvalue weighted by molar-refractivity contribution is 7.99. The summed E-state index contributed by atoms with van der Waals surface area (Å²) in [5.41, 5.74) is 0. The quantitative estimate of drug-likeness (QED) is 0.350. The van der Waals surface area contributed by atoms with Crippen molar-refractivity contribution < 1.29 is 4.74 Å². The number of hydrogen-bond acceptors (Lipinski definition) is 3. The predicted molar refractivity (Wildman–Crippen MR) is 91.9 cm³/mol. The van der Waals surface area contributed by atoms with E-state index in [1.54, 1.807) is 0 Å². The second kappa shape index (κ2) is 12.3. The smallest absolute Gasteiger partial charge is 0.191 e. The van der Waals surface area contributed by atoms with E-state index in [1.165, 1.54) is 6.42 Å². The molecular weight excluding hydrogens is 270 g/mol. The Morgan fingerprint density at radius 2 is 1.85 bits per heavy atom. The topological polar surface area (TPSA) is 45.6 Å². The molecule has 20 heavy (non-hydrogen) atoms. The van der Waals surface area contributed by atoms with Gasteiger partial charge in [0.2, 0.25) is 0 Å². The van der Waals surface area contributed by atoms with Gasteiger partial charge in [-0.25, -0.2) is 0 Å². The Labute approximate surface area is 129 Å². The van der Waals surface area contributed by atoms with Crippen molar-refractivity contribution in [1.82, 2.24) is 10.6 Å². The van der Waals surface area contributed by atoms with Gasteiger partial charge in [0.25, 0.3) is 0 Å². The van der Waals surface area contributed by atoms with Crippen LogP contribution in [0.2, 0.25) is 0 Å². The second-order valence-electron chi connectivity index (χ2n) is 5.41. The molecule has 0 aliphatic heterocycles. The Hall–Kier alpha value is -0.420. The summed E-state index contributed by atoms with van der Waals surface area (Å²) in [6, 6.07) is 0. The van der Waals surface area contributed by atoms with Gasteiger partial charge in [0.15, 0.2) is 5.96 Å². The minimum absolute atomic E-state index is 0.186. The molecule has 0 atom stereocenters. The molecule has 0 aromatic heterocycles. The first kappa shape index (κ1) is 19.6. The molecule has 0 rings (SSSR count). The summed E-state index contributed by atoms with van der Waals surface area (Å²) in [5, 5.41) is 6.64. The SMILES string of the molecule is CCCCOCCCNC(=NCC(C)(C)SC)NCC. The van der Waals surface area contributed by atoms with E-state index >= 15 is 0 Å². The first-order valence-electron chi connectivity index (χ1n) is 7.70. The molecule has 0 bridgehead atoms. The average Bonchev–Trinajstić information content (AvgIpc) is 2.43. The van der Waals surface area contributed by atoms with Gasteiger partial charge in [-0.1, -0.05) is 13.3 Å². The van der Waals surface area contributed by atoms with E-state index in [2.05, 4.69) is 49.6 Å². The van der Waals surface area contributed by atoms with Crippen LogP contribution in [0.3, 0.4) is 0 Å². The summed E-state index contributed by atoms with van der Waals surface area (Å²) in [6.07, 6.45) is 5.49. The lowest BCUT2D eigenvalue weighted by atomic mass is 10.2. The molecule has 0 aromatic carbocycles. The molecule has 0 aromatic rings. The van der Waals surface area contributed by atoms with Gasteiger partial charge < -0.3 is 15.4 Å². The minimum atomic E-state index is 0.186. The van der Waals surface area contributed by atoms with Crippen molar-refractivity contribution >= 4 is 17.7 Å². The Balaban J connectivity index is 3.87. The van der Waals surface area contributed by atoms with Gasteiger partial charge in [-0.15, -0.1) is 0 Å². The zero-order valence-corrected chi connectivity index (χ0v) is 14.7. The van der Waals surface area contributed by atoms with Crippen LogP contribution in [0, 0.1) is 0 Å². The third kappa shape index (κ3) is 11.4. The van der Waals surface area contributed by atoms with Gasteiger partial charge >= 0.3 is 0 Å². The molecule has 4 nitrogen and oxygen atoms in total. The maximum absolute atomic E-state index is 5.54. The lowest BCUT2D eigenvalue weighted by molar-refractivity contribution is 0.129. The molecule has 0 aliphatic rings. The molecular formula is C15H33N3OS. The summed E-state index contributed by atoms with van der Waals surface area (Å²) in [6.45, 7) is 13.0. The van der Waals surface area contributed by atoms with Gasteiger partial charge in [-0.2, -0.15) is 11.8 Å². The Morgan fingerprint density at radius 1 is 1.15 bits per heavy atom. The molecule has 0 fully saturated rings. The van der Waals surface area contributed by atoms with Crippen molar-refractivity contribution in [3.63, 3.8) is 0 Å². The van der Waals surface area contributed by atoms with E-state index in [0.717, 1.165) is 51.6 Å². The van der Waals surface area contributed by atoms with Gasteiger partial charge in [-0.05, 0) is 39.9 Å². The maximum Gasteiger partial charge on any atom is 0.191 e. The zero-order chi connectivity index (χ0) is 15.3. The molecule has 0 unspecified atom stereocenters. The second-order valence-corrected chi connectivity index (χ2v) is 6.92. The van der Waals surface area contributed by atoms with Crippen molar-refractivity contribution in [1.29, 1.82) is 0 Å². The van der Waals surface area contributed by atoms with Crippen molar-refractivity contribution in [3.8, 4) is 0 Å². The highest BCUT2D eigenvalue weighted by Crippen LogP contribution is 2.20. The Kier molecular flexibility index (Phi) is 12.1. The first-order valence-corrected chi connectivity index (χ1v) is 8.93. The fraction of sp³-hybridized carbons (Fsp3) is 0.933. The molecule has 0 heterocycles. The van der Waals surface area contributed by atoms with E-state index in [-0.39, 0.29) is 4.75 Å². The largest absolute Gasteiger partial charge is 0.381 e. The van der Waals surface area contributed by atoms with Gasteiger partial charge in [-0.3, -0.25) is 4.99 Å². The van der Waals surface area contributed by atoms with E-state index in [1.807, 2.05) is 11.8 Å². The van der Waals surface area contributed by atoms with E-state index < -0.39 is 0 Å². The van der Waals surface area contributed by atoms with Crippen LogP contribution in [0.15, 0.2) is 4.99 Å².